The van der Waals surface area contributed by atoms with Crippen LogP contribution < -0.4 is 5.32 Å². The fourth-order valence-corrected chi connectivity index (χ4v) is 2.63. The summed E-state index contributed by atoms with van der Waals surface area (Å²) in [5.41, 5.74) is 0.268. The van der Waals surface area contributed by atoms with Gasteiger partial charge in [0, 0.05) is 0 Å². The second-order valence-electron chi connectivity index (χ2n) is 5.12. The molecular weight excluding hydrogens is 230 g/mol. The summed E-state index contributed by atoms with van der Waals surface area (Å²) >= 11 is 0. The molecule has 0 radical (unpaired) electrons. The van der Waals surface area contributed by atoms with Gasteiger partial charge in [0.1, 0.15) is 17.1 Å². The van der Waals surface area contributed by atoms with E-state index in [0.717, 1.165) is 12.5 Å². The number of aromatic carboxylic acids is 1. The molecule has 1 saturated carbocycles. The minimum atomic E-state index is -0.921. The van der Waals surface area contributed by atoms with Crippen LogP contribution in [0.5, 0.6) is 0 Å². The molecular formula is C14H21NO3. The molecule has 1 aromatic heterocycles. The highest BCUT2D eigenvalue weighted by atomic mass is 16.4. The van der Waals surface area contributed by atoms with Gasteiger partial charge in [-0.2, -0.15) is 0 Å². The number of carboxylic acids is 1. The number of carboxylic acid groups (broad SMARTS) is 1. The van der Waals surface area contributed by atoms with E-state index in [0.29, 0.717) is 18.1 Å². The van der Waals surface area contributed by atoms with E-state index < -0.39 is 5.97 Å². The molecule has 100 valence electrons. The maximum Gasteiger partial charge on any atom is 0.339 e. The largest absolute Gasteiger partial charge is 0.478 e. The van der Waals surface area contributed by atoms with Crippen molar-refractivity contribution >= 4 is 5.97 Å². The van der Waals surface area contributed by atoms with Gasteiger partial charge in [0.2, 0.25) is 0 Å². The van der Waals surface area contributed by atoms with Crippen LogP contribution in [0.25, 0.3) is 0 Å². The van der Waals surface area contributed by atoms with Gasteiger partial charge in [-0.15, -0.1) is 0 Å². The summed E-state index contributed by atoms with van der Waals surface area (Å²) < 4.78 is 5.42. The van der Waals surface area contributed by atoms with Crippen molar-refractivity contribution in [2.75, 3.05) is 6.54 Å². The molecule has 18 heavy (non-hydrogen) atoms. The van der Waals surface area contributed by atoms with Gasteiger partial charge in [-0.25, -0.2) is 4.79 Å². The smallest absolute Gasteiger partial charge is 0.339 e. The number of hydrogen-bond donors (Lipinski definition) is 2. The van der Waals surface area contributed by atoms with Crippen LogP contribution in [-0.4, -0.2) is 17.6 Å². The number of nitrogens with one attached hydrogen (secondary N) is 1. The van der Waals surface area contributed by atoms with E-state index in [-0.39, 0.29) is 5.56 Å². The summed E-state index contributed by atoms with van der Waals surface area (Å²) in [6, 6.07) is 1.62. The van der Waals surface area contributed by atoms with Gasteiger partial charge in [-0.3, -0.25) is 0 Å². The van der Waals surface area contributed by atoms with Gasteiger partial charge in [0.25, 0.3) is 0 Å². The highest BCUT2D eigenvalue weighted by Crippen LogP contribution is 2.23. The number of aryl methyl sites for hydroxylation is 1. The molecule has 1 heterocycles. The van der Waals surface area contributed by atoms with Crippen LogP contribution in [0.3, 0.4) is 0 Å². The number of carbonyl (C=O) groups is 1. The Morgan fingerprint density at radius 3 is 2.78 bits per heavy atom. The zero-order valence-corrected chi connectivity index (χ0v) is 10.9. The Morgan fingerprint density at radius 2 is 2.17 bits per heavy atom. The summed E-state index contributed by atoms with van der Waals surface area (Å²) in [5, 5.41) is 12.3. The molecule has 2 rings (SSSR count). The molecule has 0 bridgehead atoms. The molecule has 1 aliphatic carbocycles. The highest BCUT2D eigenvalue weighted by molar-refractivity contribution is 5.88. The van der Waals surface area contributed by atoms with E-state index in [9.17, 15) is 4.79 Å². The van der Waals surface area contributed by atoms with E-state index in [1.54, 1.807) is 13.0 Å². The fourth-order valence-electron chi connectivity index (χ4n) is 2.63. The average Bonchev–Trinajstić information content (AvgIpc) is 2.72. The van der Waals surface area contributed by atoms with E-state index in [1.807, 2.05) is 0 Å². The molecule has 0 aromatic carbocycles. The molecule has 1 fully saturated rings. The van der Waals surface area contributed by atoms with Crippen LogP contribution in [0.4, 0.5) is 0 Å². The first-order valence-electron chi connectivity index (χ1n) is 6.70. The third-order valence-electron chi connectivity index (χ3n) is 3.66. The van der Waals surface area contributed by atoms with E-state index in [2.05, 4.69) is 5.32 Å². The monoisotopic (exact) mass is 251 g/mol. The zero-order chi connectivity index (χ0) is 13.0. The maximum atomic E-state index is 10.9. The van der Waals surface area contributed by atoms with Crippen molar-refractivity contribution < 1.29 is 14.3 Å². The predicted molar refractivity (Wildman–Crippen MR) is 68.7 cm³/mol. The minimum Gasteiger partial charge on any atom is -0.478 e. The van der Waals surface area contributed by atoms with Crippen LogP contribution >= 0.6 is 0 Å². The molecule has 1 aliphatic rings. The minimum absolute atomic E-state index is 0.268. The van der Waals surface area contributed by atoms with Gasteiger partial charge in [0.05, 0.1) is 6.54 Å². The van der Waals surface area contributed by atoms with Crippen LogP contribution in [0.15, 0.2) is 10.5 Å². The van der Waals surface area contributed by atoms with Crippen LogP contribution in [-0.2, 0) is 6.54 Å². The average molecular weight is 251 g/mol. The summed E-state index contributed by atoms with van der Waals surface area (Å²) in [6.45, 7) is 3.31. The van der Waals surface area contributed by atoms with Gasteiger partial charge in [0.15, 0.2) is 0 Å². The Hall–Kier alpha value is -1.29. The van der Waals surface area contributed by atoms with Crippen molar-refractivity contribution in [2.45, 2.75) is 45.6 Å². The van der Waals surface area contributed by atoms with Crippen molar-refractivity contribution in [3.8, 4) is 0 Å². The second-order valence-corrected chi connectivity index (χ2v) is 5.12. The van der Waals surface area contributed by atoms with E-state index >= 15 is 0 Å². The Labute approximate surface area is 107 Å². The molecule has 0 aliphatic heterocycles. The Morgan fingerprint density at radius 1 is 1.44 bits per heavy atom. The van der Waals surface area contributed by atoms with Crippen molar-refractivity contribution in [3.05, 3.63) is 23.2 Å². The molecule has 1 aromatic rings. The number of rotatable bonds is 5. The molecule has 0 atom stereocenters. The van der Waals surface area contributed by atoms with Gasteiger partial charge in [-0.05, 0) is 38.3 Å². The van der Waals surface area contributed by atoms with Crippen molar-refractivity contribution in [2.24, 2.45) is 5.92 Å². The first-order valence-corrected chi connectivity index (χ1v) is 6.70. The molecule has 0 saturated heterocycles. The standard InChI is InChI=1S/C14H21NO3/c1-10-13(14(16)17)7-12(18-10)9-15-8-11-5-3-2-4-6-11/h7,11,15H,2-6,8-9H2,1H3,(H,16,17). The van der Waals surface area contributed by atoms with Gasteiger partial charge in [-0.1, -0.05) is 19.3 Å². The Bertz CT molecular complexity index is 405. The third kappa shape index (κ3) is 3.35. The van der Waals surface area contributed by atoms with Crippen LogP contribution in [0.2, 0.25) is 0 Å². The maximum absolute atomic E-state index is 10.9. The highest BCUT2D eigenvalue weighted by Gasteiger charge is 2.15. The lowest BCUT2D eigenvalue weighted by molar-refractivity contribution is 0.0695. The Balaban J connectivity index is 1.79. The third-order valence-corrected chi connectivity index (χ3v) is 3.66. The van der Waals surface area contributed by atoms with Crippen molar-refractivity contribution in [1.82, 2.24) is 5.32 Å². The molecule has 0 spiro atoms. The van der Waals surface area contributed by atoms with Crippen LogP contribution in [0.1, 0.15) is 54.0 Å². The van der Waals surface area contributed by atoms with Crippen molar-refractivity contribution in [3.63, 3.8) is 0 Å². The van der Waals surface area contributed by atoms with E-state index in [1.165, 1.54) is 32.1 Å². The molecule has 2 N–H and O–H groups in total. The molecule has 0 unspecified atom stereocenters. The van der Waals surface area contributed by atoms with Gasteiger partial charge >= 0.3 is 5.97 Å². The first kappa shape index (κ1) is 13.1. The predicted octanol–water partition coefficient (Wildman–Crippen LogP) is 2.96. The van der Waals surface area contributed by atoms with Gasteiger partial charge < -0.3 is 14.8 Å². The lowest BCUT2D eigenvalue weighted by Gasteiger charge is -2.21. The second kappa shape index (κ2) is 6.05. The van der Waals surface area contributed by atoms with Crippen molar-refractivity contribution in [1.29, 1.82) is 0 Å². The lowest BCUT2D eigenvalue weighted by Crippen LogP contribution is -2.23. The number of furan rings is 1. The topological polar surface area (TPSA) is 62.5 Å². The number of hydrogen-bond acceptors (Lipinski definition) is 3. The molecule has 4 nitrogen and oxygen atoms in total. The van der Waals surface area contributed by atoms with E-state index in [4.69, 9.17) is 9.52 Å². The molecule has 4 heteroatoms. The zero-order valence-electron chi connectivity index (χ0n) is 10.9. The quantitative estimate of drug-likeness (QED) is 0.844. The summed E-state index contributed by atoms with van der Waals surface area (Å²) in [6.07, 6.45) is 6.68. The summed E-state index contributed by atoms with van der Waals surface area (Å²) in [4.78, 5) is 10.9. The summed E-state index contributed by atoms with van der Waals surface area (Å²) in [5.74, 6) is 1.04. The fraction of sp³-hybridized carbons (Fsp3) is 0.643. The molecule has 0 amide bonds. The lowest BCUT2D eigenvalue weighted by atomic mass is 9.89. The summed E-state index contributed by atoms with van der Waals surface area (Å²) in [7, 11) is 0. The Kier molecular flexibility index (Phi) is 4.42. The SMILES string of the molecule is Cc1oc(CNCC2CCCCC2)cc1C(=O)O. The first-order chi connectivity index (χ1) is 8.66. The normalized spacial score (nSPS) is 16.9. The van der Waals surface area contributed by atoms with Crippen LogP contribution in [0, 0.1) is 12.8 Å².